The van der Waals surface area contributed by atoms with Crippen LogP contribution < -0.4 is 4.74 Å². The minimum atomic E-state index is 0.691. The number of aromatic nitrogens is 4. The van der Waals surface area contributed by atoms with Crippen molar-refractivity contribution in [1.82, 2.24) is 19.7 Å². The van der Waals surface area contributed by atoms with Gasteiger partial charge in [0.05, 0.1) is 18.2 Å². The molecule has 1 aromatic carbocycles. The van der Waals surface area contributed by atoms with Crippen molar-refractivity contribution in [2.75, 3.05) is 7.11 Å². The van der Waals surface area contributed by atoms with E-state index in [0.29, 0.717) is 5.65 Å². The Morgan fingerprint density at radius 1 is 1.18 bits per heavy atom. The summed E-state index contributed by atoms with van der Waals surface area (Å²) in [6.45, 7) is 0. The lowest BCUT2D eigenvalue weighted by Crippen LogP contribution is -1.94. The Morgan fingerprint density at radius 2 is 2.00 bits per heavy atom. The number of hydrogen-bond acceptors (Lipinski definition) is 4. The van der Waals surface area contributed by atoms with Gasteiger partial charge in [0.15, 0.2) is 5.65 Å². The van der Waals surface area contributed by atoms with E-state index in [1.807, 2.05) is 30.5 Å². The van der Waals surface area contributed by atoms with Crippen LogP contribution in [0, 0.1) is 0 Å². The molecule has 5 heteroatoms. The molecule has 0 atom stereocenters. The second kappa shape index (κ2) is 3.86. The quantitative estimate of drug-likeness (QED) is 0.668. The molecular formula is C12H10N4O. The van der Waals surface area contributed by atoms with Crippen molar-refractivity contribution in [3.63, 3.8) is 0 Å². The van der Waals surface area contributed by atoms with E-state index in [4.69, 9.17) is 4.74 Å². The van der Waals surface area contributed by atoms with E-state index in [0.717, 1.165) is 16.8 Å². The van der Waals surface area contributed by atoms with Gasteiger partial charge in [-0.05, 0) is 24.3 Å². The average molecular weight is 226 g/mol. The van der Waals surface area contributed by atoms with Crippen molar-refractivity contribution in [3.8, 4) is 11.4 Å². The molecule has 0 amide bonds. The highest BCUT2D eigenvalue weighted by atomic mass is 16.5. The van der Waals surface area contributed by atoms with Gasteiger partial charge in [0, 0.05) is 12.4 Å². The molecule has 0 radical (unpaired) electrons. The molecule has 0 fully saturated rings. The van der Waals surface area contributed by atoms with E-state index < -0.39 is 0 Å². The third kappa shape index (κ3) is 1.71. The molecule has 3 aromatic rings. The van der Waals surface area contributed by atoms with E-state index in [-0.39, 0.29) is 0 Å². The predicted molar refractivity (Wildman–Crippen MR) is 63.2 cm³/mol. The fraction of sp³-hybridized carbons (Fsp3) is 0.0833. The number of methoxy groups -OCH3 is 1. The molecule has 0 bridgehead atoms. The van der Waals surface area contributed by atoms with E-state index in [2.05, 4.69) is 15.1 Å². The minimum Gasteiger partial charge on any atom is -0.497 e. The molecule has 2 heterocycles. The van der Waals surface area contributed by atoms with Crippen LogP contribution in [-0.4, -0.2) is 26.9 Å². The number of benzene rings is 1. The van der Waals surface area contributed by atoms with E-state index in [1.165, 1.54) is 6.33 Å². The van der Waals surface area contributed by atoms with Crippen LogP contribution >= 0.6 is 0 Å². The monoisotopic (exact) mass is 226 g/mol. The average Bonchev–Trinajstić information content (AvgIpc) is 2.82. The second-order valence-corrected chi connectivity index (χ2v) is 3.57. The number of hydrogen-bond donors (Lipinski definition) is 0. The minimum absolute atomic E-state index is 0.691. The van der Waals surface area contributed by atoms with Crippen LogP contribution in [0.25, 0.3) is 16.7 Å². The molecule has 0 unspecified atom stereocenters. The smallest absolute Gasteiger partial charge is 0.184 e. The normalized spacial score (nSPS) is 10.6. The third-order valence-corrected chi connectivity index (χ3v) is 2.52. The van der Waals surface area contributed by atoms with Crippen LogP contribution in [-0.2, 0) is 0 Å². The first-order valence-electron chi connectivity index (χ1n) is 5.16. The topological polar surface area (TPSA) is 52.8 Å². The van der Waals surface area contributed by atoms with Crippen LogP contribution in [0.3, 0.4) is 0 Å². The SMILES string of the molecule is COc1ccc(-n2cc3cncnc3n2)cc1. The molecule has 0 aliphatic heterocycles. The number of nitrogens with zero attached hydrogens (tertiary/aromatic N) is 4. The molecule has 0 aliphatic rings. The summed E-state index contributed by atoms with van der Waals surface area (Å²) < 4.78 is 6.89. The summed E-state index contributed by atoms with van der Waals surface area (Å²) in [6.07, 6.45) is 5.14. The Hall–Kier alpha value is -2.43. The largest absolute Gasteiger partial charge is 0.497 e. The molecule has 0 N–H and O–H groups in total. The van der Waals surface area contributed by atoms with Crippen LogP contribution in [0.5, 0.6) is 5.75 Å². The highest BCUT2D eigenvalue weighted by Crippen LogP contribution is 2.16. The molecule has 5 nitrogen and oxygen atoms in total. The van der Waals surface area contributed by atoms with Gasteiger partial charge in [-0.1, -0.05) is 0 Å². The molecule has 0 saturated heterocycles. The van der Waals surface area contributed by atoms with Gasteiger partial charge in [0.25, 0.3) is 0 Å². The van der Waals surface area contributed by atoms with Crippen molar-refractivity contribution in [3.05, 3.63) is 43.0 Å². The molecule has 17 heavy (non-hydrogen) atoms. The Balaban J connectivity index is 2.07. The van der Waals surface area contributed by atoms with Crippen LogP contribution in [0.4, 0.5) is 0 Å². The molecule has 2 aromatic heterocycles. The van der Waals surface area contributed by atoms with Gasteiger partial charge < -0.3 is 4.74 Å². The Morgan fingerprint density at radius 3 is 2.71 bits per heavy atom. The first kappa shape index (κ1) is 9.77. The fourth-order valence-corrected chi connectivity index (χ4v) is 1.64. The first-order chi connectivity index (χ1) is 8.36. The summed E-state index contributed by atoms with van der Waals surface area (Å²) in [5.41, 5.74) is 1.65. The first-order valence-corrected chi connectivity index (χ1v) is 5.16. The summed E-state index contributed by atoms with van der Waals surface area (Å²) in [5, 5.41) is 5.28. The van der Waals surface area contributed by atoms with E-state index in [1.54, 1.807) is 18.0 Å². The van der Waals surface area contributed by atoms with Gasteiger partial charge in [-0.2, -0.15) is 0 Å². The van der Waals surface area contributed by atoms with Gasteiger partial charge in [-0.15, -0.1) is 5.10 Å². The standard InChI is InChI=1S/C12H10N4O/c1-17-11-4-2-10(3-5-11)16-7-9-6-13-8-14-12(9)15-16/h2-8H,1H3. The van der Waals surface area contributed by atoms with Crippen molar-refractivity contribution in [2.45, 2.75) is 0 Å². The molecular weight excluding hydrogens is 216 g/mol. The number of rotatable bonds is 2. The van der Waals surface area contributed by atoms with E-state index >= 15 is 0 Å². The molecule has 0 saturated carbocycles. The second-order valence-electron chi connectivity index (χ2n) is 3.57. The zero-order valence-corrected chi connectivity index (χ0v) is 9.24. The maximum Gasteiger partial charge on any atom is 0.184 e. The number of fused-ring (bicyclic) bond motifs is 1. The number of ether oxygens (including phenoxy) is 1. The Labute approximate surface area is 97.7 Å². The van der Waals surface area contributed by atoms with Gasteiger partial charge in [-0.25, -0.2) is 14.6 Å². The van der Waals surface area contributed by atoms with Crippen LogP contribution in [0.15, 0.2) is 43.0 Å². The molecule has 0 spiro atoms. The molecule has 84 valence electrons. The van der Waals surface area contributed by atoms with Gasteiger partial charge >= 0.3 is 0 Å². The third-order valence-electron chi connectivity index (χ3n) is 2.52. The van der Waals surface area contributed by atoms with Crippen LogP contribution in [0.2, 0.25) is 0 Å². The summed E-state index contributed by atoms with van der Waals surface area (Å²) >= 11 is 0. The zero-order valence-electron chi connectivity index (χ0n) is 9.24. The van der Waals surface area contributed by atoms with Gasteiger partial charge in [0.1, 0.15) is 12.1 Å². The zero-order chi connectivity index (χ0) is 11.7. The Bertz CT molecular complexity index is 612. The maximum atomic E-state index is 5.11. The van der Waals surface area contributed by atoms with Crippen molar-refractivity contribution in [1.29, 1.82) is 0 Å². The molecule has 0 aliphatic carbocycles. The van der Waals surface area contributed by atoms with Crippen molar-refractivity contribution >= 4 is 11.0 Å². The summed E-state index contributed by atoms with van der Waals surface area (Å²) in [7, 11) is 1.65. The lowest BCUT2D eigenvalue weighted by atomic mass is 10.3. The molecule has 3 rings (SSSR count). The summed E-state index contributed by atoms with van der Waals surface area (Å²) in [6, 6.07) is 7.68. The van der Waals surface area contributed by atoms with Crippen molar-refractivity contribution < 1.29 is 4.74 Å². The maximum absolute atomic E-state index is 5.11. The fourth-order valence-electron chi connectivity index (χ4n) is 1.64. The summed E-state index contributed by atoms with van der Waals surface area (Å²) in [5.74, 6) is 0.824. The van der Waals surface area contributed by atoms with Gasteiger partial charge in [0.2, 0.25) is 0 Å². The highest BCUT2D eigenvalue weighted by Gasteiger charge is 2.03. The van der Waals surface area contributed by atoms with Crippen LogP contribution in [0.1, 0.15) is 0 Å². The highest BCUT2D eigenvalue weighted by molar-refractivity contribution is 5.72. The van der Waals surface area contributed by atoms with E-state index in [9.17, 15) is 0 Å². The summed E-state index contributed by atoms with van der Waals surface area (Å²) in [4.78, 5) is 8.06. The van der Waals surface area contributed by atoms with Crippen molar-refractivity contribution in [2.24, 2.45) is 0 Å². The van der Waals surface area contributed by atoms with Gasteiger partial charge in [-0.3, -0.25) is 0 Å². The lowest BCUT2D eigenvalue weighted by Gasteiger charge is -2.02. The Kier molecular flexibility index (Phi) is 2.22. The predicted octanol–water partition coefficient (Wildman–Crippen LogP) is 1.82. The lowest BCUT2D eigenvalue weighted by molar-refractivity contribution is 0.414.